The average Bonchev–Trinajstić information content (AvgIpc) is 2.30. The summed E-state index contributed by atoms with van der Waals surface area (Å²) in [6, 6.07) is 7.09. The predicted octanol–water partition coefficient (Wildman–Crippen LogP) is 0.885. The zero-order chi connectivity index (χ0) is 10.8. The van der Waals surface area contributed by atoms with Crippen molar-refractivity contribution in [3.63, 3.8) is 0 Å². The van der Waals surface area contributed by atoms with Crippen molar-refractivity contribution in [3.8, 4) is 5.88 Å². The third-order valence-electron chi connectivity index (χ3n) is 2.11. The summed E-state index contributed by atoms with van der Waals surface area (Å²) in [7, 11) is 2.88. The molecule has 16 heavy (non-hydrogen) atoms. The Labute approximate surface area is 98.0 Å². The van der Waals surface area contributed by atoms with E-state index in [1.54, 1.807) is 18.2 Å². The van der Waals surface area contributed by atoms with Crippen LogP contribution in [-0.2, 0) is 0 Å². The van der Waals surface area contributed by atoms with Crippen molar-refractivity contribution >= 4 is 23.2 Å². The van der Waals surface area contributed by atoms with Crippen molar-refractivity contribution in [1.82, 2.24) is 9.94 Å². The van der Waals surface area contributed by atoms with Gasteiger partial charge >= 0.3 is 5.56 Å². The fourth-order valence-corrected chi connectivity index (χ4v) is 1.42. The Bertz CT molecular complexity index is 553. The topological polar surface area (TPSA) is 53.4 Å². The van der Waals surface area contributed by atoms with Gasteiger partial charge in [0.15, 0.2) is 0 Å². The van der Waals surface area contributed by atoms with Gasteiger partial charge in [-0.15, -0.1) is 12.4 Å². The Kier molecular flexibility index (Phi) is 3.73. The van der Waals surface area contributed by atoms with Crippen molar-refractivity contribution < 1.29 is 9.57 Å². The van der Waals surface area contributed by atoms with Crippen LogP contribution in [0.5, 0.6) is 5.88 Å². The molecule has 0 atom stereocenters. The molecule has 0 amide bonds. The van der Waals surface area contributed by atoms with E-state index in [1.165, 1.54) is 14.2 Å². The number of rotatable bonds is 2. The number of fused-ring (bicyclic) bond motifs is 1. The van der Waals surface area contributed by atoms with Gasteiger partial charge in [-0.05, 0) is 12.1 Å². The molecule has 0 fully saturated rings. The number of benzene rings is 1. The van der Waals surface area contributed by atoms with Crippen LogP contribution >= 0.6 is 12.4 Å². The van der Waals surface area contributed by atoms with Gasteiger partial charge in [0.25, 0.3) is 0 Å². The fraction of sp³-hybridized carbons (Fsp3) is 0.200. The summed E-state index contributed by atoms with van der Waals surface area (Å²) in [5.41, 5.74) is -0.297. The van der Waals surface area contributed by atoms with E-state index in [2.05, 4.69) is 5.10 Å². The van der Waals surface area contributed by atoms with E-state index in [0.717, 1.165) is 4.85 Å². The standard InChI is InChI=1S/C10H10N2O3.ClH/c1-14-9-7-5-3-4-6-8(7)10(13)12(11-9)15-2;/h3-6H,1-2H3;1H. The molecule has 0 saturated carbocycles. The minimum absolute atomic E-state index is 0. The normalized spacial score (nSPS) is 9.62. The van der Waals surface area contributed by atoms with Gasteiger partial charge in [0.05, 0.1) is 17.9 Å². The summed E-state index contributed by atoms with van der Waals surface area (Å²) < 4.78 is 5.07. The smallest absolute Gasteiger partial charge is 0.311 e. The first-order valence-electron chi connectivity index (χ1n) is 4.38. The van der Waals surface area contributed by atoms with Gasteiger partial charge in [-0.2, -0.15) is 0 Å². The lowest BCUT2D eigenvalue weighted by molar-refractivity contribution is 0.117. The van der Waals surface area contributed by atoms with Gasteiger partial charge in [-0.25, -0.2) is 0 Å². The zero-order valence-corrected chi connectivity index (χ0v) is 9.65. The number of aromatic nitrogens is 2. The number of hydrogen-bond acceptors (Lipinski definition) is 4. The Morgan fingerprint density at radius 2 is 1.81 bits per heavy atom. The molecular weight excluding hydrogens is 232 g/mol. The van der Waals surface area contributed by atoms with Gasteiger partial charge in [-0.3, -0.25) is 4.79 Å². The lowest BCUT2D eigenvalue weighted by Crippen LogP contribution is -2.27. The maximum Gasteiger partial charge on any atom is 0.311 e. The van der Waals surface area contributed by atoms with Gasteiger partial charge in [0.2, 0.25) is 5.88 Å². The van der Waals surface area contributed by atoms with Gasteiger partial charge in [-0.1, -0.05) is 22.1 Å². The number of nitrogens with zero attached hydrogens (tertiary/aromatic N) is 2. The van der Waals surface area contributed by atoms with Gasteiger partial charge < -0.3 is 9.57 Å². The lowest BCUT2D eigenvalue weighted by Gasteiger charge is -2.07. The molecule has 0 N–H and O–H groups in total. The van der Waals surface area contributed by atoms with E-state index in [0.29, 0.717) is 16.7 Å². The molecule has 6 heteroatoms. The Balaban J connectivity index is 0.00000128. The molecule has 0 aliphatic carbocycles. The molecule has 0 bridgehead atoms. The molecule has 2 aromatic rings. The van der Waals surface area contributed by atoms with Crippen LogP contribution in [0, 0.1) is 0 Å². The predicted molar refractivity (Wildman–Crippen MR) is 62.3 cm³/mol. The number of ether oxygens (including phenoxy) is 1. The summed E-state index contributed by atoms with van der Waals surface area (Å²) in [4.78, 5) is 17.5. The highest BCUT2D eigenvalue weighted by molar-refractivity contribution is 5.86. The number of methoxy groups -OCH3 is 1. The van der Waals surface area contributed by atoms with Crippen LogP contribution in [-0.4, -0.2) is 24.2 Å². The first-order chi connectivity index (χ1) is 7.27. The highest BCUT2D eigenvalue weighted by atomic mass is 35.5. The van der Waals surface area contributed by atoms with E-state index in [-0.39, 0.29) is 18.0 Å². The second-order valence-corrected chi connectivity index (χ2v) is 2.92. The zero-order valence-electron chi connectivity index (χ0n) is 8.84. The summed E-state index contributed by atoms with van der Waals surface area (Å²) in [5, 5.41) is 5.10. The van der Waals surface area contributed by atoms with Crippen molar-refractivity contribution in [2.45, 2.75) is 0 Å². The van der Waals surface area contributed by atoms with E-state index in [9.17, 15) is 4.79 Å². The molecule has 5 nitrogen and oxygen atoms in total. The van der Waals surface area contributed by atoms with Crippen molar-refractivity contribution in [2.24, 2.45) is 0 Å². The van der Waals surface area contributed by atoms with Crippen LogP contribution < -0.4 is 15.1 Å². The highest BCUT2D eigenvalue weighted by Gasteiger charge is 2.09. The third-order valence-corrected chi connectivity index (χ3v) is 2.11. The molecule has 0 spiro atoms. The lowest BCUT2D eigenvalue weighted by atomic mass is 10.2. The molecule has 1 aromatic carbocycles. The molecule has 0 aliphatic heterocycles. The molecule has 1 heterocycles. The Morgan fingerprint density at radius 3 is 2.38 bits per heavy atom. The first kappa shape index (κ1) is 12.3. The second-order valence-electron chi connectivity index (χ2n) is 2.92. The maximum atomic E-state index is 11.7. The van der Waals surface area contributed by atoms with Crippen LogP contribution in [0.4, 0.5) is 0 Å². The fourth-order valence-electron chi connectivity index (χ4n) is 1.42. The van der Waals surface area contributed by atoms with Crippen molar-refractivity contribution in [3.05, 3.63) is 34.6 Å². The van der Waals surface area contributed by atoms with Crippen LogP contribution in [0.1, 0.15) is 0 Å². The summed E-state index contributed by atoms with van der Waals surface area (Å²) >= 11 is 0. The minimum atomic E-state index is -0.297. The molecule has 0 radical (unpaired) electrons. The second kappa shape index (κ2) is 4.85. The quantitative estimate of drug-likeness (QED) is 0.785. The largest absolute Gasteiger partial charge is 0.479 e. The van der Waals surface area contributed by atoms with E-state index < -0.39 is 0 Å². The van der Waals surface area contributed by atoms with E-state index >= 15 is 0 Å². The van der Waals surface area contributed by atoms with Crippen LogP contribution in [0.2, 0.25) is 0 Å². The Hall–Kier alpha value is -1.75. The molecule has 2 rings (SSSR count). The van der Waals surface area contributed by atoms with Gasteiger partial charge in [0.1, 0.15) is 7.11 Å². The maximum absolute atomic E-state index is 11.7. The van der Waals surface area contributed by atoms with Crippen LogP contribution in [0.3, 0.4) is 0 Å². The molecular formula is C10H11ClN2O3. The highest BCUT2D eigenvalue weighted by Crippen LogP contribution is 2.18. The summed E-state index contributed by atoms with van der Waals surface area (Å²) in [6.07, 6.45) is 0. The molecule has 1 aromatic heterocycles. The molecule has 0 aliphatic rings. The van der Waals surface area contributed by atoms with E-state index in [4.69, 9.17) is 9.57 Å². The Morgan fingerprint density at radius 1 is 1.19 bits per heavy atom. The van der Waals surface area contributed by atoms with Crippen LogP contribution in [0.25, 0.3) is 10.8 Å². The molecule has 86 valence electrons. The summed E-state index contributed by atoms with van der Waals surface area (Å²) in [5.74, 6) is 0.368. The van der Waals surface area contributed by atoms with E-state index in [1.807, 2.05) is 6.07 Å². The van der Waals surface area contributed by atoms with Gasteiger partial charge in [0, 0.05) is 0 Å². The van der Waals surface area contributed by atoms with Crippen molar-refractivity contribution in [1.29, 1.82) is 0 Å². The third kappa shape index (κ3) is 1.81. The average molecular weight is 243 g/mol. The first-order valence-corrected chi connectivity index (χ1v) is 4.38. The number of halogens is 1. The minimum Gasteiger partial charge on any atom is -0.479 e. The van der Waals surface area contributed by atoms with Crippen molar-refractivity contribution in [2.75, 3.05) is 14.2 Å². The molecule has 0 saturated heterocycles. The van der Waals surface area contributed by atoms with Crippen LogP contribution in [0.15, 0.2) is 29.1 Å². The molecule has 0 unspecified atom stereocenters. The SMILES string of the molecule is COc1nn(OC)c(=O)c2ccccc12.Cl. The number of hydrogen-bond donors (Lipinski definition) is 0. The summed E-state index contributed by atoms with van der Waals surface area (Å²) in [6.45, 7) is 0. The monoisotopic (exact) mass is 242 g/mol.